The van der Waals surface area contributed by atoms with Crippen molar-refractivity contribution in [1.29, 1.82) is 0 Å². The van der Waals surface area contributed by atoms with E-state index in [1.165, 1.54) is 0 Å². The van der Waals surface area contributed by atoms with Gasteiger partial charge >= 0.3 is 0 Å². The van der Waals surface area contributed by atoms with Gasteiger partial charge in [-0.25, -0.2) is 0 Å². The molecule has 0 spiro atoms. The maximum atomic E-state index is 12.7. The number of carbonyl (C=O) groups is 1. The van der Waals surface area contributed by atoms with Gasteiger partial charge in [0.05, 0.1) is 12.7 Å². The highest BCUT2D eigenvalue weighted by molar-refractivity contribution is 9.10. The minimum Gasteiger partial charge on any atom is -0.496 e. The van der Waals surface area contributed by atoms with E-state index in [9.17, 15) is 4.79 Å². The van der Waals surface area contributed by atoms with Crippen LogP contribution in [0.25, 0.3) is 0 Å². The molecule has 0 heterocycles. The first-order valence-corrected chi connectivity index (χ1v) is 7.19. The lowest BCUT2D eigenvalue weighted by Crippen LogP contribution is -2.05. The van der Waals surface area contributed by atoms with Gasteiger partial charge in [0.2, 0.25) is 0 Å². The summed E-state index contributed by atoms with van der Waals surface area (Å²) in [6, 6.07) is 9.57. The summed E-state index contributed by atoms with van der Waals surface area (Å²) in [5, 5.41) is 0. The molecule has 2 nitrogen and oxygen atoms in total. The van der Waals surface area contributed by atoms with Crippen molar-refractivity contribution in [2.45, 2.75) is 20.8 Å². The normalized spacial score (nSPS) is 10.4. The van der Waals surface area contributed by atoms with Crippen molar-refractivity contribution in [3.8, 4) is 5.75 Å². The number of halogens is 1. The molecule has 0 atom stereocenters. The third-order valence-electron chi connectivity index (χ3n) is 3.21. The van der Waals surface area contributed by atoms with Gasteiger partial charge < -0.3 is 4.74 Å². The zero-order chi connectivity index (χ0) is 14.9. The minimum absolute atomic E-state index is 0.0191. The third-order valence-corrected chi connectivity index (χ3v) is 4.06. The van der Waals surface area contributed by atoms with Crippen LogP contribution in [0.4, 0.5) is 0 Å². The molecule has 0 aliphatic heterocycles. The molecule has 0 aromatic heterocycles. The number of hydrogen-bond donors (Lipinski definition) is 0. The lowest BCUT2D eigenvalue weighted by molar-refractivity contribution is 0.103. The Morgan fingerprint density at radius 1 is 1.00 bits per heavy atom. The van der Waals surface area contributed by atoms with Gasteiger partial charge in [0, 0.05) is 10.0 Å². The molecule has 2 aromatic rings. The molecule has 0 aliphatic rings. The van der Waals surface area contributed by atoms with Gasteiger partial charge in [0.15, 0.2) is 5.78 Å². The predicted molar refractivity (Wildman–Crippen MR) is 84.8 cm³/mol. The van der Waals surface area contributed by atoms with Crippen LogP contribution >= 0.6 is 15.9 Å². The molecule has 0 radical (unpaired) electrons. The number of ether oxygens (including phenoxy) is 1. The first-order valence-electron chi connectivity index (χ1n) is 6.39. The van der Waals surface area contributed by atoms with Crippen molar-refractivity contribution in [3.63, 3.8) is 0 Å². The largest absolute Gasteiger partial charge is 0.496 e. The van der Waals surface area contributed by atoms with Crippen LogP contribution in [0.2, 0.25) is 0 Å². The number of methoxy groups -OCH3 is 1. The van der Waals surface area contributed by atoms with Gasteiger partial charge in [-0.05, 0) is 50.6 Å². The average molecular weight is 333 g/mol. The molecular formula is C17H17BrO2. The molecule has 0 unspecified atom stereocenters. The summed E-state index contributed by atoms with van der Waals surface area (Å²) >= 11 is 3.47. The maximum Gasteiger partial charge on any atom is 0.196 e. The van der Waals surface area contributed by atoms with Crippen LogP contribution in [0, 0.1) is 20.8 Å². The van der Waals surface area contributed by atoms with Gasteiger partial charge in [0.25, 0.3) is 0 Å². The summed E-state index contributed by atoms with van der Waals surface area (Å²) in [4.78, 5) is 12.7. The van der Waals surface area contributed by atoms with Crippen molar-refractivity contribution in [1.82, 2.24) is 0 Å². The SMILES string of the molecule is COc1cc(C)c(Br)cc1C(=O)c1cc(C)cc(C)c1. The molecule has 2 rings (SSSR count). The second-order valence-electron chi connectivity index (χ2n) is 5.01. The van der Waals surface area contributed by atoms with Gasteiger partial charge in [-0.15, -0.1) is 0 Å². The number of ketones is 1. The fourth-order valence-electron chi connectivity index (χ4n) is 2.26. The van der Waals surface area contributed by atoms with E-state index in [0.29, 0.717) is 16.9 Å². The Morgan fingerprint density at radius 3 is 2.15 bits per heavy atom. The Labute approximate surface area is 127 Å². The van der Waals surface area contributed by atoms with Crippen molar-refractivity contribution in [2.75, 3.05) is 7.11 Å². The fraction of sp³-hybridized carbons (Fsp3) is 0.235. The standard InChI is InChI=1S/C17H17BrO2/c1-10-5-11(2)7-13(6-10)17(19)14-9-15(18)12(3)8-16(14)20-4/h5-9H,1-4H3. The van der Waals surface area contributed by atoms with Crippen LogP contribution in [0.15, 0.2) is 34.8 Å². The lowest BCUT2D eigenvalue weighted by Gasteiger charge is -2.11. The number of aryl methyl sites for hydroxylation is 3. The maximum absolute atomic E-state index is 12.7. The molecule has 0 bridgehead atoms. The van der Waals surface area contributed by atoms with Gasteiger partial charge in [0.1, 0.15) is 5.75 Å². The smallest absolute Gasteiger partial charge is 0.196 e. The molecule has 0 fully saturated rings. The van der Waals surface area contributed by atoms with Crippen LogP contribution in [0.5, 0.6) is 5.75 Å². The molecule has 0 amide bonds. The minimum atomic E-state index is -0.0191. The zero-order valence-electron chi connectivity index (χ0n) is 12.1. The second-order valence-corrected chi connectivity index (χ2v) is 5.86. The fourth-order valence-corrected chi connectivity index (χ4v) is 2.61. The molecule has 0 saturated heterocycles. The first-order chi connectivity index (χ1) is 9.42. The summed E-state index contributed by atoms with van der Waals surface area (Å²) in [5.41, 5.74) is 4.47. The van der Waals surface area contributed by atoms with E-state index in [2.05, 4.69) is 22.0 Å². The van der Waals surface area contributed by atoms with E-state index < -0.39 is 0 Å². The van der Waals surface area contributed by atoms with E-state index >= 15 is 0 Å². The molecular weight excluding hydrogens is 316 g/mol. The summed E-state index contributed by atoms with van der Waals surface area (Å²) in [6.45, 7) is 5.95. The highest BCUT2D eigenvalue weighted by Crippen LogP contribution is 2.29. The summed E-state index contributed by atoms with van der Waals surface area (Å²) in [6.07, 6.45) is 0. The lowest BCUT2D eigenvalue weighted by atomic mass is 9.98. The van der Waals surface area contributed by atoms with E-state index in [4.69, 9.17) is 4.74 Å². The van der Waals surface area contributed by atoms with Crippen LogP contribution in [-0.2, 0) is 0 Å². The summed E-state index contributed by atoms with van der Waals surface area (Å²) in [7, 11) is 1.58. The molecule has 20 heavy (non-hydrogen) atoms. The predicted octanol–water partition coefficient (Wildman–Crippen LogP) is 4.61. The van der Waals surface area contributed by atoms with Gasteiger partial charge in [-0.3, -0.25) is 4.79 Å². The molecule has 2 aromatic carbocycles. The molecule has 0 aliphatic carbocycles. The van der Waals surface area contributed by atoms with Gasteiger partial charge in [-0.1, -0.05) is 33.1 Å². The highest BCUT2D eigenvalue weighted by atomic mass is 79.9. The van der Waals surface area contributed by atoms with Crippen LogP contribution < -0.4 is 4.74 Å². The summed E-state index contributed by atoms with van der Waals surface area (Å²) in [5.74, 6) is 0.587. The van der Waals surface area contributed by atoms with E-state index in [1.807, 2.05) is 45.0 Å². The van der Waals surface area contributed by atoms with Crippen molar-refractivity contribution < 1.29 is 9.53 Å². The quantitative estimate of drug-likeness (QED) is 0.767. The van der Waals surface area contributed by atoms with Crippen molar-refractivity contribution in [2.24, 2.45) is 0 Å². The van der Waals surface area contributed by atoms with Crippen LogP contribution in [0.3, 0.4) is 0 Å². The Kier molecular flexibility index (Phi) is 4.29. The number of rotatable bonds is 3. The first kappa shape index (κ1) is 14.8. The highest BCUT2D eigenvalue weighted by Gasteiger charge is 2.16. The molecule has 104 valence electrons. The van der Waals surface area contributed by atoms with E-state index in [1.54, 1.807) is 7.11 Å². The van der Waals surface area contributed by atoms with Crippen molar-refractivity contribution >= 4 is 21.7 Å². The summed E-state index contributed by atoms with van der Waals surface area (Å²) < 4.78 is 6.25. The van der Waals surface area contributed by atoms with Crippen LogP contribution in [-0.4, -0.2) is 12.9 Å². The number of hydrogen-bond acceptors (Lipinski definition) is 2. The van der Waals surface area contributed by atoms with Crippen molar-refractivity contribution in [3.05, 3.63) is 62.6 Å². The van der Waals surface area contributed by atoms with E-state index in [0.717, 1.165) is 21.2 Å². The monoisotopic (exact) mass is 332 g/mol. The Morgan fingerprint density at radius 2 is 1.60 bits per heavy atom. The Balaban J connectivity index is 2.55. The third kappa shape index (κ3) is 2.93. The zero-order valence-corrected chi connectivity index (χ0v) is 13.7. The number of carbonyl (C=O) groups excluding carboxylic acids is 1. The topological polar surface area (TPSA) is 26.3 Å². The second kappa shape index (κ2) is 5.80. The van der Waals surface area contributed by atoms with Crippen LogP contribution in [0.1, 0.15) is 32.6 Å². The Bertz CT molecular complexity index is 655. The average Bonchev–Trinajstić information content (AvgIpc) is 2.39. The Hall–Kier alpha value is -1.61. The van der Waals surface area contributed by atoms with E-state index in [-0.39, 0.29) is 5.78 Å². The van der Waals surface area contributed by atoms with Gasteiger partial charge in [-0.2, -0.15) is 0 Å². The molecule has 0 N–H and O–H groups in total. The molecule has 3 heteroatoms. The molecule has 0 saturated carbocycles. The number of benzene rings is 2.